The normalized spacial score (nSPS) is 17.8. The van der Waals surface area contributed by atoms with Crippen molar-refractivity contribution in [2.45, 2.75) is 12.6 Å². The molecule has 1 aliphatic heterocycles. The topological polar surface area (TPSA) is 52.7 Å². The number of likely N-dealkylation sites (N-methyl/N-ethyl adjacent to an activating group) is 1. The zero-order valence-electron chi connectivity index (χ0n) is 14.7. The van der Waals surface area contributed by atoms with Crippen LogP contribution in [0.5, 0.6) is 0 Å². The molecule has 1 atom stereocenters. The summed E-state index contributed by atoms with van der Waals surface area (Å²) in [4.78, 5) is 28.9. The predicted octanol–water partition coefficient (Wildman–Crippen LogP) is 1.90. The lowest BCUT2D eigenvalue weighted by molar-refractivity contribution is -0.127. The van der Waals surface area contributed by atoms with Crippen LogP contribution in [0, 0.1) is 5.82 Å². The second kappa shape index (κ2) is 8.10. The Bertz CT molecular complexity index is 764. The molecule has 1 saturated heterocycles. The number of halogens is 1. The fraction of sp³-hybridized carbons (Fsp3) is 0.300. The smallest absolute Gasteiger partial charge is 0.254 e. The average molecular weight is 355 g/mol. The Balaban J connectivity index is 1.75. The highest BCUT2D eigenvalue weighted by Crippen LogP contribution is 2.17. The maximum absolute atomic E-state index is 13.1. The van der Waals surface area contributed by atoms with Crippen LogP contribution in [0.15, 0.2) is 54.6 Å². The first-order valence-corrected chi connectivity index (χ1v) is 8.63. The number of hydrogen-bond donors (Lipinski definition) is 1. The molecule has 0 spiro atoms. The second-order valence-corrected chi connectivity index (χ2v) is 6.36. The van der Waals surface area contributed by atoms with E-state index in [4.69, 9.17) is 0 Å². The van der Waals surface area contributed by atoms with Gasteiger partial charge in [0.25, 0.3) is 5.91 Å². The van der Waals surface area contributed by atoms with Crippen LogP contribution in [0.3, 0.4) is 0 Å². The third-order valence-electron chi connectivity index (χ3n) is 4.61. The summed E-state index contributed by atoms with van der Waals surface area (Å²) in [6.45, 7) is 2.31. The number of nitrogens with zero attached hydrogens (tertiary/aromatic N) is 2. The molecule has 0 radical (unpaired) electrons. The van der Waals surface area contributed by atoms with Crippen molar-refractivity contribution in [1.82, 2.24) is 15.1 Å². The fourth-order valence-electron chi connectivity index (χ4n) is 3.22. The summed E-state index contributed by atoms with van der Waals surface area (Å²) >= 11 is 0. The Labute approximate surface area is 152 Å². The summed E-state index contributed by atoms with van der Waals surface area (Å²) in [5.74, 6) is -0.840. The van der Waals surface area contributed by atoms with E-state index in [9.17, 15) is 14.0 Å². The largest absolute Gasteiger partial charge is 0.357 e. The SMILES string of the molecule is CNC(=O)[C@@H]1CN(Cc2ccccc2)CCN1C(=O)c1ccc(F)cc1. The average Bonchev–Trinajstić information content (AvgIpc) is 2.68. The van der Waals surface area contributed by atoms with Gasteiger partial charge in [-0.1, -0.05) is 30.3 Å². The molecular weight excluding hydrogens is 333 g/mol. The lowest BCUT2D eigenvalue weighted by Crippen LogP contribution is -2.60. The number of nitrogens with one attached hydrogen (secondary N) is 1. The van der Waals surface area contributed by atoms with Crippen LogP contribution >= 0.6 is 0 Å². The quantitative estimate of drug-likeness (QED) is 0.911. The maximum atomic E-state index is 13.1. The molecule has 0 saturated carbocycles. The monoisotopic (exact) mass is 355 g/mol. The zero-order chi connectivity index (χ0) is 18.5. The van der Waals surface area contributed by atoms with Crippen LogP contribution < -0.4 is 5.32 Å². The van der Waals surface area contributed by atoms with Gasteiger partial charge in [0.1, 0.15) is 11.9 Å². The van der Waals surface area contributed by atoms with Crippen molar-refractivity contribution in [3.05, 3.63) is 71.5 Å². The van der Waals surface area contributed by atoms with E-state index in [0.29, 0.717) is 25.2 Å². The van der Waals surface area contributed by atoms with E-state index >= 15 is 0 Å². The zero-order valence-corrected chi connectivity index (χ0v) is 14.7. The summed E-state index contributed by atoms with van der Waals surface area (Å²) in [5.41, 5.74) is 1.55. The minimum absolute atomic E-state index is 0.196. The summed E-state index contributed by atoms with van der Waals surface area (Å²) in [7, 11) is 1.57. The fourth-order valence-corrected chi connectivity index (χ4v) is 3.22. The Morgan fingerprint density at radius 2 is 1.77 bits per heavy atom. The maximum Gasteiger partial charge on any atom is 0.254 e. The number of piperazine rings is 1. The molecule has 26 heavy (non-hydrogen) atoms. The molecule has 0 aliphatic carbocycles. The lowest BCUT2D eigenvalue weighted by Gasteiger charge is -2.40. The van der Waals surface area contributed by atoms with E-state index in [2.05, 4.69) is 10.2 Å². The lowest BCUT2D eigenvalue weighted by atomic mass is 10.1. The third kappa shape index (κ3) is 4.08. The molecule has 6 heteroatoms. The molecule has 136 valence electrons. The minimum Gasteiger partial charge on any atom is -0.357 e. The van der Waals surface area contributed by atoms with Gasteiger partial charge < -0.3 is 10.2 Å². The molecule has 3 rings (SSSR count). The number of hydrogen-bond acceptors (Lipinski definition) is 3. The van der Waals surface area contributed by atoms with Crippen molar-refractivity contribution in [3.8, 4) is 0 Å². The molecule has 5 nitrogen and oxygen atoms in total. The number of amides is 2. The van der Waals surface area contributed by atoms with Gasteiger partial charge in [0, 0.05) is 38.8 Å². The molecule has 0 bridgehead atoms. The molecule has 2 amide bonds. The molecule has 1 fully saturated rings. The van der Waals surface area contributed by atoms with Gasteiger partial charge >= 0.3 is 0 Å². The highest BCUT2D eigenvalue weighted by molar-refractivity contribution is 5.97. The van der Waals surface area contributed by atoms with Gasteiger partial charge in [-0.3, -0.25) is 14.5 Å². The Morgan fingerprint density at radius 3 is 2.42 bits per heavy atom. The molecule has 1 aliphatic rings. The van der Waals surface area contributed by atoms with Crippen LogP contribution in [0.4, 0.5) is 4.39 Å². The van der Waals surface area contributed by atoms with Crippen molar-refractivity contribution in [1.29, 1.82) is 0 Å². The van der Waals surface area contributed by atoms with Gasteiger partial charge in [-0.25, -0.2) is 4.39 Å². The molecular formula is C20H22FN3O2. The van der Waals surface area contributed by atoms with E-state index < -0.39 is 11.9 Å². The van der Waals surface area contributed by atoms with E-state index in [1.54, 1.807) is 11.9 Å². The Kier molecular flexibility index (Phi) is 5.63. The van der Waals surface area contributed by atoms with Gasteiger partial charge in [-0.05, 0) is 29.8 Å². The first-order valence-electron chi connectivity index (χ1n) is 8.63. The van der Waals surface area contributed by atoms with Crippen molar-refractivity contribution in [2.75, 3.05) is 26.7 Å². The van der Waals surface area contributed by atoms with E-state index in [0.717, 1.165) is 6.54 Å². The first-order chi connectivity index (χ1) is 12.6. The third-order valence-corrected chi connectivity index (χ3v) is 4.61. The first kappa shape index (κ1) is 18.1. The van der Waals surface area contributed by atoms with E-state index in [1.807, 2.05) is 30.3 Å². The van der Waals surface area contributed by atoms with Gasteiger partial charge in [0.15, 0.2) is 0 Å². The molecule has 2 aromatic rings. The second-order valence-electron chi connectivity index (χ2n) is 6.36. The van der Waals surface area contributed by atoms with Crippen molar-refractivity contribution in [2.24, 2.45) is 0 Å². The predicted molar refractivity (Wildman–Crippen MR) is 97.0 cm³/mol. The van der Waals surface area contributed by atoms with Crippen molar-refractivity contribution < 1.29 is 14.0 Å². The Hall–Kier alpha value is -2.73. The van der Waals surface area contributed by atoms with Crippen LogP contribution in [-0.4, -0.2) is 54.3 Å². The van der Waals surface area contributed by atoms with Gasteiger partial charge in [0.2, 0.25) is 5.91 Å². The summed E-state index contributed by atoms with van der Waals surface area (Å²) < 4.78 is 13.1. The summed E-state index contributed by atoms with van der Waals surface area (Å²) in [5, 5.41) is 2.65. The highest BCUT2D eigenvalue weighted by Gasteiger charge is 2.35. The minimum atomic E-state index is -0.574. The summed E-state index contributed by atoms with van der Waals surface area (Å²) in [6.07, 6.45) is 0. The Morgan fingerprint density at radius 1 is 1.08 bits per heavy atom. The highest BCUT2D eigenvalue weighted by atomic mass is 19.1. The van der Waals surface area contributed by atoms with Gasteiger partial charge in [0.05, 0.1) is 0 Å². The number of carbonyl (C=O) groups excluding carboxylic acids is 2. The van der Waals surface area contributed by atoms with Crippen LogP contribution in [0.1, 0.15) is 15.9 Å². The number of carbonyl (C=O) groups is 2. The molecule has 2 aromatic carbocycles. The van der Waals surface area contributed by atoms with Gasteiger partial charge in [-0.2, -0.15) is 0 Å². The number of rotatable bonds is 4. The molecule has 1 heterocycles. The standard InChI is InChI=1S/C20H22FN3O2/c1-22-19(25)18-14-23(13-15-5-3-2-4-6-15)11-12-24(18)20(26)16-7-9-17(21)10-8-16/h2-10,18H,11-14H2,1H3,(H,22,25)/t18-/m0/s1. The van der Waals surface area contributed by atoms with Gasteiger partial charge in [-0.15, -0.1) is 0 Å². The van der Waals surface area contributed by atoms with Crippen LogP contribution in [0.2, 0.25) is 0 Å². The molecule has 0 unspecified atom stereocenters. The van der Waals surface area contributed by atoms with Crippen molar-refractivity contribution in [3.63, 3.8) is 0 Å². The van der Waals surface area contributed by atoms with E-state index in [1.165, 1.54) is 29.8 Å². The van der Waals surface area contributed by atoms with Crippen LogP contribution in [0.25, 0.3) is 0 Å². The number of benzene rings is 2. The van der Waals surface area contributed by atoms with Crippen molar-refractivity contribution >= 4 is 11.8 Å². The van der Waals surface area contributed by atoms with E-state index in [-0.39, 0.29) is 11.8 Å². The summed E-state index contributed by atoms with van der Waals surface area (Å²) in [6, 6.07) is 14.9. The van der Waals surface area contributed by atoms with Crippen LogP contribution in [-0.2, 0) is 11.3 Å². The molecule has 1 N–H and O–H groups in total. The molecule has 0 aromatic heterocycles.